The Hall–Kier alpha value is -3.08. The van der Waals surface area contributed by atoms with Crippen LogP contribution in [0.25, 0.3) is 6.08 Å². The van der Waals surface area contributed by atoms with Gasteiger partial charge in [0.15, 0.2) is 6.10 Å². The van der Waals surface area contributed by atoms with Gasteiger partial charge in [-0.15, -0.1) is 0 Å². The minimum atomic E-state index is -0.895. The van der Waals surface area contributed by atoms with Crippen molar-refractivity contribution in [2.75, 3.05) is 6.61 Å². The highest BCUT2D eigenvalue weighted by molar-refractivity contribution is 5.96. The lowest BCUT2D eigenvalue weighted by atomic mass is 10.0. The first-order valence-electron chi connectivity index (χ1n) is 9.57. The summed E-state index contributed by atoms with van der Waals surface area (Å²) in [7, 11) is 0. The van der Waals surface area contributed by atoms with Gasteiger partial charge in [0, 0.05) is 5.56 Å². The Labute approximate surface area is 165 Å². The van der Waals surface area contributed by atoms with Crippen molar-refractivity contribution in [3.8, 4) is 5.75 Å². The molecule has 0 aromatic heterocycles. The fourth-order valence-electron chi connectivity index (χ4n) is 3.11. The van der Waals surface area contributed by atoms with Crippen LogP contribution in [0.5, 0.6) is 5.75 Å². The fourth-order valence-corrected chi connectivity index (χ4v) is 3.11. The van der Waals surface area contributed by atoms with Gasteiger partial charge in [-0.2, -0.15) is 0 Å². The van der Waals surface area contributed by atoms with Crippen LogP contribution in [0.1, 0.15) is 43.9 Å². The predicted octanol–water partition coefficient (Wildman–Crippen LogP) is 4.05. The van der Waals surface area contributed by atoms with Crippen molar-refractivity contribution in [2.45, 2.75) is 38.8 Å². The zero-order valence-electron chi connectivity index (χ0n) is 16.2. The van der Waals surface area contributed by atoms with Gasteiger partial charge in [-0.25, -0.2) is 4.79 Å². The quantitative estimate of drug-likeness (QED) is 0.737. The third-order valence-electron chi connectivity index (χ3n) is 4.64. The summed E-state index contributed by atoms with van der Waals surface area (Å²) in [5, 5.41) is 2.99. The van der Waals surface area contributed by atoms with E-state index in [1.165, 1.54) is 0 Å². The Bertz CT molecular complexity index is 860. The van der Waals surface area contributed by atoms with Crippen LogP contribution in [0.3, 0.4) is 0 Å². The number of rotatable bonds is 7. The molecule has 2 aromatic carbocycles. The van der Waals surface area contributed by atoms with Crippen LogP contribution in [-0.4, -0.2) is 24.6 Å². The lowest BCUT2D eigenvalue weighted by Crippen LogP contribution is -2.38. The first-order chi connectivity index (χ1) is 13.6. The number of hydrogen-bond donors (Lipinski definition) is 1. The molecular formula is C23H25NO4. The smallest absolute Gasteiger partial charge is 0.338 e. The van der Waals surface area contributed by atoms with E-state index in [2.05, 4.69) is 12.2 Å². The lowest BCUT2D eigenvalue weighted by Gasteiger charge is -2.22. The topological polar surface area (TPSA) is 64.6 Å². The maximum atomic E-state index is 12.6. The standard InChI is InChI=1S/C23H25NO4/c1-3-9-20(17-10-5-4-6-11-17)24-22(25)16(2)28-23(26)19-14-18-12-7-8-13-21(18)27-15-19/h4-8,10-14,16,20H,3,9,15H2,1-2H3,(H,24,25)/t16-,20+/m0/s1. The summed E-state index contributed by atoms with van der Waals surface area (Å²) in [4.78, 5) is 25.0. The van der Waals surface area contributed by atoms with Gasteiger partial charge in [0.05, 0.1) is 11.6 Å². The van der Waals surface area contributed by atoms with Crippen molar-refractivity contribution in [1.29, 1.82) is 0 Å². The van der Waals surface area contributed by atoms with E-state index >= 15 is 0 Å². The summed E-state index contributed by atoms with van der Waals surface area (Å²) in [6.07, 6.45) is 2.59. The van der Waals surface area contributed by atoms with Crippen LogP contribution in [0.2, 0.25) is 0 Å². The molecule has 1 aliphatic heterocycles. The Kier molecular flexibility index (Phi) is 6.48. The number of carbonyl (C=O) groups excluding carboxylic acids is 2. The lowest BCUT2D eigenvalue weighted by molar-refractivity contribution is -0.151. The molecule has 0 radical (unpaired) electrons. The van der Waals surface area contributed by atoms with Crippen LogP contribution in [-0.2, 0) is 14.3 Å². The average molecular weight is 379 g/mol. The van der Waals surface area contributed by atoms with E-state index in [0.717, 1.165) is 29.7 Å². The molecule has 5 nitrogen and oxygen atoms in total. The highest BCUT2D eigenvalue weighted by atomic mass is 16.6. The number of carbonyl (C=O) groups is 2. The Morgan fingerprint density at radius 1 is 1.11 bits per heavy atom. The Balaban J connectivity index is 1.62. The normalized spacial score (nSPS) is 14.7. The van der Waals surface area contributed by atoms with Gasteiger partial charge in [-0.1, -0.05) is 61.9 Å². The van der Waals surface area contributed by atoms with Gasteiger partial charge >= 0.3 is 5.97 Å². The maximum Gasteiger partial charge on any atom is 0.338 e. The van der Waals surface area contributed by atoms with E-state index in [0.29, 0.717) is 5.57 Å². The van der Waals surface area contributed by atoms with Crippen molar-refractivity contribution in [3.63, 3.8) is 0 Å². The number of para-hydroxylation sites is 1. The number of ether oxygens (including phenoxy) is 2. The molecule has 2 aromatic rings. The van der Waals surface area contributed by atoms with Crippen LogP contribution in [0.4, 0.5) is 0 Å². The second-order valence-electron chi connectivity index (χ2n) is 6.80. The highest BCUT2D eigenvalue weighted by Gasteiger charge is 2.25. The fraction of sp³-hybridized carbons (Fsp3) is 0.304. The van der Waals surface area contributed by atoms with Gasteiger partial charge in [0.25, 0.3) is 5.91 Å². The van der Waals surface area contributed by atoms with Gasteiger partial charge in [-0.3, -0.25) is 4.79 Å². The molecule has 3 rings (SSSR count). The van der Waals surface area contributed by atoms with Crippen molar-refractivity contribution >= 4 is 18.0 Å². The van der Waals surface area contributed by atoms with Gasteiger partial charge in [0.2, 0.25) is 0 Å². The summed E-state index contributed by atoms with van der Waals surface area (Å²) in [5.41, 5.74) is 2.26. The molecule has 1 amide bonds. The molecule has 1 N–H and O–H groups in total. The van der Waals surface area contributed by atoms with E-state index in [1.54, 1.807) is 13.0 Å². The number of hydrogen-bond acceptors (Lipinski definition) is 4. The van der Waals surface area contributed by atoms with E-state index in [-0.39, 0.29) is 18.6 Å². The number of amides is 1. The molecule has 0 saturated heterocycles. The minimum absolute atomic E-state index is 0.107. The van der Waals surface area contributed by atoms with Crippen molar-refractivity contribution in [1.82, 2.24) is 5.32 Å². The Morgan fingerprint density at radius 3 is 2.57 bits per heavy atom. The molecule has 5 heteroatoms. The van der Waals surface area contributed by atoms with Crippen LogP contribution in [0.15, 0.2) is 60.2 Å². The average Bonchev–Trinajstić information content (AvgIpc) is 2.73. The summed E-state index contributed by atoms with van der Waals surface area (Å²) < 4.78 is 11.0. The molecule has 0 unspecified atom stereocenters. The molecule has 0 fully saturated rings. The molecule has 1 aliphatic rings. The van der Waals surface area contributed by atoms with Crippen LogP contribution >= 0.6 is 0 Å². The molecule has 0 spiro atoms. The third kappa shape index (κ3) is 4.80. The molecule has 0 saturated carbocycles. The zero-order chi connectivity index (χ0) is 19.9. The molecular weight excluding hydrogens is 354 g/mol. The number of nitrogens with one attached hydrogen (secondary N) is 1. The summed E-state index contributed by atoms with van der Waals surface area (Å²) >= 11 is 0. The van der Waals surface area contributed by atoms with Crippen LogP contribution in [0, 0.1) is 0 Å². The predicted molar refractivity (Wildman–Crippen MR) is 108 cm³/mol. The van der Waals surface area contributed by atoms with Gasteiger partial charge in [0.1, 0.15) is 12.4 Å². The maximum absolute atomic E-state index is 12.6. The molecule has 2 atom stereocenters. The summed E-state index contributed by atoms with van der Waals surface area (Å²) in [5.74, 6) is -0.118. The van der Waals surface area contributed by atoms with E-state index in [4.69, 9.17) is 9.47 Å². The number of esters is 1. The van der Waals surface area contributed by atoms with E-state index in [9.17, 15) is 9.59 Å². The minimum Gasteiger partial charge on any atom is -0.488 e. The van der Waals surface area contributed by atoms with Crippen molar-refractivity contribution in [2.24, 2.45) is 0 Å². The van der Waals surface area contributed by atoms with E-state index < -0.39 is 12.1 Å². The molecule has 28 heavy (non-hydrogen) atoms. The number of fused-ring (bicyclic) bond motifs is 1. The van der Waals surface area contributed by atoms with Crippen LogP contribution < -0.4 is 10.1 Å². The Morgan fingerprint density at radius 2 is 1.82 bits per heavy atom. The largest absolute Gasteiger partial charge is 0.488 e. The SMILES string of the molecule is CCC[C@@H](NC(=O)[C@H](C)OC(=O)C1=Cc2ccccc2OC1)c1ccccc1. The molecule has 0 bridgehead atoms. The third-order valence-corrected chi connectivity index (χ3v) is 4.64. The van der Waals surface area contributed by atoms with Gasteiger partial charge in [-0.05, 0) is 31.1 Å². The monoisotopic (exact) mass is 379 g/mol. The zero-order valence-corrected chi connectivity index (χ0v) is 16.2. The first kappa shape index (κ1) is 19.7. The van der Waals surface area contributed by atoms with Gasteiger partial charge < -0.3 is 14.8 Å². The van der Waals surface area contributed by atoms with Crippen molar-refractivity contribution < 1.29 is 19.1 Å². The van der Waals surface area contributed by atoms with E-state index in [1.807, 2.05) is 54.6 Å². The highest BCUT2D eigenvalue weighted by Crippen LogP contribution is 2.26. The molecule has 1 heterocycles. The molecule has 0 aliphatic carbocycles. The van der Waals surface area contributed by atoms with Crippen molar-refractivity contribution in [3.05, 3.63) is 71.3 Å². The summed E-state index contributed by atoms with van der Waals surface area (Å²) in [6.45, 7) is 3.78. The molecule has 146 valence electrons. The number of benzene rings is 2. The second kappa shape index (κ2) is 9.22. The first-order valence-corrected chi connectivity index (χ1v) is 9.57. The second-order valence-corrected chi connectivity index (χ2v) is 6.80. The summed E-state index contributed by atoms with van der Waals surface area (Å²) in [6, 6.07) is 17.2.